The topological polar surface area (TPSA) is 58.8 Å². The third-order valence-corrected chi connectivity index (χ3v) is 3.92. The molecule has 0 amide bonds. The minimum absolute atomic E-state index is 0.319. The molecule has 2 rings (SSSR count). The summed E-state index contributed by atoms with van der Waals surface area (Å²) in [6.45, 7) is 10.6. The van der Waals surface area contributed by atoms with Crippen molar-refractivity contribution in [3.8, 4) is 0 Å². The van der Waals surface area contributed by atoms with Gasteiger partial charge in [0.1, 0.15) is 0 Å². The van der Waals surface area contributed by atoms with Gasteiger partial charge in [0.2, 0.25) is 0 Å². The van der Waals surface area contributed by atoms with E-state index in [2.05, 4.69) is 23.6 Å². The van der Waals surface area contributed by atoms with E-state index in [0.717, 1.165) is 31.9 Å². The highest BCUT2D eigenvalue weighted by molar-refractivity contribution is 5.92. The van der Waals surface area contributed by atoms with E-state index in [1.165, 1.54) is 0 Å². The molecule has 0 unspecified atom stereocenters. The van der Waals surface area contributed by atoms with Gasteiger partial charge in [0.15, 0.2) is 0 Å². The van der Waals surface area contributed by atoms with Gasteiger partial charge in [0.25, 0.3) is 0 Å². The lowest BCUT2D eigenvalue weighted by atomic mass is 10.1. The fraction of sp³-hybridized carbons (Fsp3) is 0.562. The summed E-state index contributed by atoms with van der Waals surface area (Å²) < 4.78 is 4.99. The first kappa shape index (κ1) is 15.6. The zero-order valence-corrected chi connectivity index (χ0v) is 13.1. The van der Waals surface area contributed by atoms with Crippen molar-refractivity contribution in [2.75, 3.05) is 43.4 Å². The first-order chi connectivity index (χ1) is 10.0. The third kappa shape index (κ3) is 3.67. The molecule has 0 saturated carbocycles. The van der Waals surface area contributed by atoms with Gasteiger partial charge in [-0.1, -0.05) is 0 Å². The van der Waals surface area contributed by atoms with Gasteiger partial charge in [-0.2, -0.15) is 0 Å². The van der Waals surface area contributed by atoms with Crippen LogP contribution in [0.2, 0.25) is 0 Å². The molecule has 0 radical (unpaired) electrons. The highest BCUT2D eigenvalue weighted by Gasteiger charge is 2.20. The highest BCUT2D eigenvalue weighted by Crippen LogP contribution is 2.26. The summed E-state index contributed by atoms with van der Waals surface area (Å²) in [5.74, 6) is -0.319. The van der Waals surface area contributed by atoms with Gasteiger partial charge in [0, 0.05) is 32.2 Å². The number of esters is 1. The van der Waals surface area contributed by atoms with Gasteiger partial charge < -0.3 is 15.4 Å². The third-order valence-electron chi connectivity index (χ3n) is 3.92. The highest BCUT2D eigenvalue weighted by atomic mass is 16.5. The van der Waals surface area contributed by atoms with Crippen LogP contribution in [0.1, 0.15) is 31.1 Å². The van der Waals surface area contributed by atoms with Crippen molar-refractivity contribution in [2.24, 2.45) is 0 Å². The van der Waals surface area contributed by atoms with Gasteiger partial charge in [0.05, 0.1) is 23.5 Å². The summed E-state index contributed by atoms with van der Waals surface area (Å²) in [5.41, 5.74) is 8.27. The fourth-order valence-electron chi connectivity index (χ4n) is 2.66. The van der Waals surface area contributed by atoms with Crippen LogP contribution in [0, 0.1) is 0 Å². The maximum absolute atomic E-state index is 11.7. The van der Waals surface area contributed by atoms with Gasteiger partial charge in [-0.3, -0.25) is 4.90 Å². The molecule has 21 heavy (non-hydrogen) atoms. The van der Waals surface area contributed by atoms with Crippen LogP contribution in [0.4, 0.5) is 11.4 Å². The van der Waals surface area contributed by atoms with Crippen LogP contribution in [0.3, 0.4) is 0 Å². The smallest absolute Gasteiger partial charge is 0.338 e. The van der Waals surface area contributed by atoms with Crippen molar-refractivity contribution < 1.29 is 9.53 Å². The van der Waals surface area contributed by atoms with Crippen molar-refractivity contribution in [3.05, 3.63) is 23.8 Å². The number of nitrogens with zero attached hydrogens (tertiary/aromatic N) is 2. The molecule has 0 aliphatic carbocycles. The van der Waals surface area contributed by atoms with Crippen LogP contribution in [-0.2, 0) is 4.74 Å². The lowest BCUT2D eigenvalue weighted by molar-refractivity contribution is 0.0526. The van der Waals surface area contributed by atoms with Crippen LogP contribution in [-0.4, -0.2) is 49.7 Å². The van der Waals surface area contributed by atoms with E-state index in [1.807, 2.05) is 6.07 Å². The van der Waals surface area contributed by atoms with E-state index in [-0.39, 0.29) is 5.97 Å². The van der Waals surface area contributed by atoms with Crippen molar-refractivity contribution in [2.45, 2.75) is 26.8 Å². The van der Waals surface area contributed by atoms with Gasteiger partial charge in [-0.15, -0.1) is 0 Å². The Labute approximate surface area is 126 Å². The Hall–Kier alpha value is -1.75. The van der Waals surface area contributed by atoms with Crippen LogP contribution < -0.4 is 10.6 Å². The molecule has 0 atom stereocenters. The van der Waals surface area contributed by atoms with E-state index in [4.69, 9.17) is 10.5 Å². The molecular weight excluding hydrogens is 266 g/mol. The summed E-state index contributed by atoms with van der Waals surface area (Å²) in [4.78, 5) is 16.4. The summed E-state index contributed by atoms with van der Waals surface area (Å²) in [5, 5.41) is 0. The molecule has 1 fully saturated rings. The Kier molecular flexibility index (Phi) is 5.07. The summed E-state index contributed by atoms with van der Waals surface area (Å²) in [6.07, 6.45) is 0. The van der Waals surface area contributed by atoms with Crippen molar-refractivity contribution in [1.82, 2.24) is 4.90 Å². The first-order valence-electron chi connectivity index (χ1n) is 7.58. The van der Waals surface area contributed by atoms with Gasteiger partial charge in [-0.05, 0) is 39.0 Å². The van der Waals surface area contributed by atoms with Crippen molar-refractivity contribution >= 4 is 17.3 Å². The number of carbonyl (C=O) groups excluding carboxylic acids is 1. The molecule has 5 nitrogen and oxygen atoms in total. The monoisotopic (exact) mass is 291 g/mol. The van der Waals surface area contributed by atoms with E-state index in [1.54, 1.807) is 19.1 Å². The Morgan fingerprint density at radius 1 is 1.29 bits per heavy atom. The number of nitrogens with two attached hydrogens (primary N) is 1. The minimum atomic E-state index is -0.319. The molecule has 1 heterocycles. The number of nitrogen functional groups attached to an aromatic ring is 1. The normalized spacial score (nSPS) is 16.3. The molecule has 1 aliphatic rings. The average molecular weight is 291 g/mol. The van der Waals surface area contributed by atoms with E-state index >= 15 is 0 Å². The summed E-state index contributed by atoms with van der Waals surface area (Å²) >= 11 is 0. The second kappa shape index (κ2) is 6.80. The lowest BCUT2D eigenvalue weighted by Crippen LogP contribution is -2.49. The Balaban J connectivity index is 2.06. The standard InChI is InChI=1S/C16H25N3O2/c1-4-21-16(20)13-5-6-15(14(17)11-13)19-9-7-18(8-10-19)12(2)3/h5-6,11-12H,4,7-10,17H2,1-3H3. The quantitative estimate of drug-likeness (QED) is 0.679. The number of carbonyl (C=O) groups is 1. The summed E-state index contributed by atoms with van der Waals surface area (Å²) in [7, 11) is 0. The number of hydrogen-bond donors (Lipinski definition) is 1. The van der Waals surface area contributed by atoms with Crippen LogP contribution >= 0.6 is 0 Å². The fourth-order valence-corrected chi connectivity index (χ4v) is 2.66. The van der Waals surface area contributed by atoms with E-state index in [9.17, 15) is 4.79 Å². The SMILES string of the molecule is CCOC(=O)c1ccc(N2CCN(C(C)C)CC2)c(N)c1. The molecule has 116 valence electrons. The van der Waals surface area contributed by atoms with E-state index in [0.29, 0.717) is 23.9 Å². The zero-order valence-electron chi connectivity index (χ0n) is 13.1. The Morgan fingerprint density at radius 2 is 1.95 bits per heavy atom. The van der Waals surface area contributed by atoms with Gasteiger partial charge >= 0.3 is 5.97 Å². The molecule has 5 heteroatoms. The molecule has 0 aromatic heterocycles. The number of benzene rings is 1. The number of hydrogen-bond acceptors (Lipinski definition) is 5. The number of anilines is 2. The second-order valence-electron chi connectivity index (χ2n) is 5.61. The predicted octanol–water partition coefficient (Wildman–Crippen LogP) is 1.98. The number of ether oxygens (including phenoxy) is 1. The number of rotatable bonds is 4. The predicted molar refractivity (Wildman–Crippen MR) is 85.7 cm³/mol. The first-order valence-corrected chi connectivity index (χ1v) is 7.58. The summed E-state index contributed by atoms with van der Waals surface area (Å²) in [6, 6.07) is 6.00. The molecule has 0 spiro atoms. The van der Waals surface area contributed by atoms with E-state index < -0.39 is 0 Å². The molecular formula is C16H25N3O2. The maximum atomic E-state index is 11.7. The zero-order chi connectivity index (χ0) is 15.4. The van der Waals surface area contributed by atoms with Crippen molar-refractivity contribution in [1.29, 1.82) is 0 Å². The largest absolute Gasteiger partial charge is 0.462 e. The molecule has 0 bridgehead atoms. The maximum Gasteiger partial charge on any atom is 0.338 e. The average Bonchev–Trinajstić information content (AvgIpc) is 2.47. The molecule has 1 saturated heterocycles. The number of piperazine rings is 1. The Morgan fingerprint density at radius 3 is 2.48 bits per heavy atom. The molecule has 1 aliphatic heterocycles. The van der Waals surface area contributed by atoms with Gasteiger partial charge in [-0.25, -0.2) is 4.79 Å². The van der Waals surface area contributed by atoms with Crippen LogP contribution in [0.15, 0.2) is 18.2 Å². The van der Waals surface area contributed by atoms with Crippen LogP contribution in [0.25, 0.3) is 0 Å². The second-order valence-corrected chi connectivity index (χ2v) is 5.61. The minimum Gasteiger partial charge on any atom is -0.462 e. The van der Waals surface area contributed by atoms with Crippen LogP contribution in [0.5, 0.6) is 0 Å². The molecule has 1 aromatic carbocycles. The lowest BCUT2D eigenvalue weighted by Gasteiger charge is -2.38. The van der Waals surface area contributed by atoms with Crippen molar-refractivity contribution in [3.63, 3.8) is 0 Å². The molecule has 2 N–H and O–H groups in total. The molecule has 1 aromatic rings. The Bertz CT molecular complexity index is 494.